The van der Waals surface area contributed by atoms with Crippen LogP contribution in [-0.2, 0) is 9.72 Å². The molecule has 0 aromatic carbocycles. The number of nitrogens with one attached hydrogen (secondary N) is 1. The number of rotatable bonds is 5. The summed E-state index contributed by atoms with van der Waals surface area (Å²) in [5.41, 5.74) is 0.545. The molecule has 3 N–H and O–H groups in total. The third-order valence-corrected chi connectivity index (χ3v) is 5.80. The first-order valence-corrected chi connectivity index (χ1v) is 7.62. The van der Waals surface area contributed by atoms with E-state index in [1.54, 1.807) is 13.1 Å². The van der Waals surface area contributed by atoms with Gasteiger partial charge in [-0.15, -0.1) is 0 Å². The predicted octanol–water partition coefficient (Wildman–Crippen LogP) is 3.01. The third-order valence-electron chi connectivity index (χ3n) is 3.57. The van der Waals surface area contributed by atoms with E-state index in [-0.39, 0.29) is 11.8 Å². The molecule has 0 unspecified atom stereocenters. The van der Waals surface area contributed by atoms with Gasteiger partial charge in [-0.2, -0.15) is 0 Å². The maximum Gasteiger partial charge on any atom is 0.336 e. The molecule has 18 heavy (non-hydrogen) atoms. The van der Waals surface area contributed by atoms with Crippen molar-refractivity contribution in [2.75, 3.05) is 12.4 Å². The lowest BCUT2D eigenvalue weighted by Gasteiger charge is -2.41. The Kier molecular flexibility index (Phi) is 4.31. The van der Waals surface area contributed by atoms with Gasteiger partial charge in [-0.3, -0.25) is 4.57 Å². The van der Waals surface area contributed by atoms with Crippen molar-refractivity contribution in [3.8, 4) is 0 Å². The van der Waals surface area contributed by atoms with E-state index in [2.05, 4.69) is 5.32 Å². The molecule has 0 radical (unpaired) electrons. The molecular weight excluding hydrogens is 253 g/mol. The molecule has 0 aliphatic rings. The molecular formula is C12H22NO4P. The molecule has 0 aliphatic carbocycles. The van der Waals surface area contributed by atoms with E-state index >= 15 is 0 Å². The highest BCUT2D eigenvalue weighted by Crippen LogP contribution is 2.65. The number of furan rings is 1. The lowest BCUT2D eigenvalue weighted by molar-refractivity contribution is 0.238. The van der Waals surface area contributed by atoms with Crippen molar-refractivity contribution in [2.24, 2.45) is 11.8 Å². The Morgan fingerprint density at radius 3 is 2.11 bits per heavy atom. The van der Waals surface area contributed by atoms with Gasteiger partial charge in [-0.25, -0.2) is 0 Å². The summed E-state index contributed by atoms with van der Waals surface area (Å²) in [6.45, 7) is 7.30. The van der Waals surface area contributed by atoms with E-state index in [9.17, 15) is 14.4 Å². The molecule has 1 aromatic heterocycles. The maximum atomic E-state index is 12.1. The lowest BCUT2D eigenvalue weighted by Crippen LogP contribution is -2.38. The Labute approximate surface area is 108 Å². The van der Waals surface area contributed by atoms with Crippen molar-refractivity contribution in [1.82, 2.24) is 0 Å². The monoisotopic (exact) mass is 275 g/mol. The largest absolute Gasteiger partial charge is 0.449 e. The van der Waals surface area contributed by atoms with Crippen molar-refractivity contribution in [3.63, 3.8) is 0 Å². The second kappa shape index (κ2) is 5.08. The van der Waals surface area contributed by atoms with E-state index in [0.717, 1.165) is 0 Å². The van der Waals surface area contributed by atoms with Gasteiger partial charge in [-0.1, -0.05) is 27.7 Å². The van der Waals surface area contributed by atoms with E-state index in [4.69, 9.17) is 4.42 Å². The van der Waals surface area contributed by atoms with Crippen molar-refractivity contribution in [3.05, 3.63) is 17.9 Å². The second-order valence-corrected chi connectivity index (χ2v) is 6.92. The van der Waals surface area contributed by atoms with Crippen LogP contribution in [0, 0.1) is 11.8 Å². The molecule has 1 aromatic rings. The van der Waals surface area contributed by atoms with Crippen LogP contribution in [-0.4, -0.2) is 16.8 Å². The minimum atomic E-state index is -4.35. The summed E-state index contributed by atoms with van der Waals surface area (Å²) in [4.78, 5) is 19.8. The van der Waals surface area contributed by atoms with Crippen LogP contribution in [0.25, 0.3) is 0 Å². The van der Waals surface area contributed by atoms with Crippen LogP contribution >= 0.6 is 7.60 Å². The summed E-state index contributed by atoms with van der Waals surface area (Å²) < 4.78 is 17.4. The highest BCUT2D eigenvalue weighted by Gasteiger charge is 2.55. The van der Waals surface area contributed by atoms with Gasteiger partial charge in [0.1, 0.15) is 5.16 Å². The smallest absolute Gasteiger partial charge is 0.336 e. The zero-order chi connectivity index (χ0) is 14.1. The molecule has 0 saturated carbocycles. The van der Waals surface area contributed by atoms with Crippen LogP contribution in [0.4, 0.5) is 5.88 Å². The lowest BCUT2D eigenvalue weighted by atomic mass is 9.79. The first kappa shape index (κ1) is 15.3. The van der Waals surface area contributed by atoms with Gasteiger partial charge in [0.15, 0.2) is 5.88 Å². The Morgan fingerprint density at radius 1 is 1.28 bits per heavy atom. The van der Waals surface area contributed by atoms with Crippen molar-refractivity contribution < 1.29 is 18.8 Å². The Bertz CT molecular complexity index is 439. The van der Waals surface area contributed by atoms with Crippen molar-refractivity contribution >= 4 is 13.5 Å². The van der Waals surface area contributed by atoms with Crippen LogP contribution in [0.2, 0.25) is 0 Å². The summed E-state index contributed by atoms with van der Waals surface area (Å²) >= 11 is 0. The first-order valence-electron chi connectivity index (χ1n) is 6.00. The third kappa shape index (κ3) is 2.11. The standard InChI is InChI=1S/C12H22NO4P/c1-8(2)12(9(3)4,18(14,15)16)10-6-7-17-11(10)13-5/h6-9,13H,1-5H3,(H2,14,15,16). The summed E-state index contributed by atoms with van der Waals surface area (Å²) in [7, 11) is -2.67. The van der Waals surface area contributed by atoms with Gasteiger partial charge in [-0.05, 0) is 17.9 Å². The fourth-order valence-corrected chi connectivity index (χ4v) is 4.77. The van der Waals surface area contributed by atoms with Gasteiger partial charge in [0, 0.05) is 12.6 Å². The highest BCUT2D eigenvalue weighted by molar-refractivity contribution is 7.53. The maximum absolute atomic E-state index is 12.1. The van der Waals surface area contributed by atoms with Gasteiger partial charge in [0.25, 0.3) is 0 Å². The first-order chi connectivity index (χ1) is 8.19. The van der Waals surface area contributed by atoms with Gasteiger partial charge in [0.05, 0.1) is 6.26 Å². The molecule has 0 saturated heterocycles. The zero-order valence-electron chi connectivity index (χ0n) is 11.5. The molecule has 0 spiro atoms. The molecule has 0 aliphatic heterocycles. The second-order valence-electron chi connectivity index (χ2n) is 5.09. The van der Waals surface area contributed by atoms with Crippen LogP contribution in [0.3, 0.4) is 0 Å². The number of hydrogen-bond donors (Lipinski definition) is 3. The zero-order valence-corrected chi connectivity index (χ0v) is 12.4. The van der Waals surface area contributed by atoms with Crippen LogP contribution < -0.4 is 5.32 Å². The summed E-state index contributed by atoms with van der Waals surface area (Å²) in [6, 6.07) is 1.64. The Hall–Kier alpha value is -0.770. The fraction of sp³-hybridized carbons (Fsp3) is 0.667. The molecule has 0 amide bonds. The molecule has 1 rings (SSSR count). The summed E-state index contributed by atoms with van der Waals surface area (Å²) in [6.07, 6.45) is 1.45. The molecule has 0 bridgehead atoms. The van der Waals surface area contributed by atoms with E-state index in [1.807, 2.05) is 27.7 Å². The van der Waals surface area contributed by atoms with E-state index in [1.165, 1.54) is 6.26 Å². The highest BCUT2D eigenvalue weighted by atomic mass is 31.2. The minimum Gasteiger partial charge on any atom is -0.449 e. The average molecular weight is 275 g/mol. The number of hydrogen-bond acceptors (Lipinski definition) is 3. The van der Waals surface area contributed by atoms with Gasteiger partial charge < -0.3 is 19.5 Å². The van der Waals surface area contributed by atoms with Crippen LogP contribution in [0.1, 0.15) is 33.3 Å². The predicted molar refractivity (Wildman–Crippen MR) is 71.7 cm³/mol. The number of anilines is 1. The van der Waals surface area contributed by atoms with Gasteiger partial charge >= 0.3 is 7.60 Å². The Morgan fingerprint density at radius 2 is 1.78 bits per heavy atom. The molecule has 1 heterocycles. The minimum absolute atomic E-state index is 0.219. The van der Waals surface area contributed by atoms with Crippen LogP contribution in [0.5, 0.6) is 0 Å². The molecule has 5 nitrogen and oxygen atoms in total. The summed E-state index contributed by atoms with van der Waals surface area (Å²) in [5.74, 6) is -0.0215. The molecule has 6 heteroatoms. The van der Waals surface area contributed by atoms with Crippen LogP contribution in [0.15, 0.2) is 16.7 Å². The SMILES string of the molecule is CNc1occc1C(C(C)C)(C(C)C)P(=O)(O)O. The van der Waals surface area contributed by atoms with Crippen molar-refractivity contribution in [1.29, 1.82) is 0 Å². The molecule has 104 valence electrons. The molecule has 0 atom stereocenters. The average Bonchev–Trinajstić information content (AvgIpc) is 2.63. The quantitative estimate of drug-likeness (QED) is 0.719. The van der Waals surface area contributed by atoms with Gasteiger partial charge in [0.2, 0.25) is 0 Å². The van der Waals surface area contributed by atoms with Crippen molar-refractivity contribution in [2.45, 2.75) is 32.9 Å². The van der Waals surface area contributed by atoms with E-state index < -0.39 is 12.8 Å². The Balaban J connectivity index is 3.61. The summed E-state index contributed by atoms with van der Waals surface area (Å²) in [5, 5.41) is 1.61. The topological polar surface area (TPSA) is 82.7 Å². The van der Waals surface area contributed by atoms with E-state index in [0.29, 0.717) is 11.4 Å². The fourth-order valence-electron chi connectivity index (χ4n) is 2.94. The molecule has 0 fully saturated rings. The normalized spacial score (nSPS) is 13.4.